The Hall–Kier alpha value is -0.410. The maximum atomic E-state index is 12.3. The van der Waals surface area contributed by atoms with Crippen molar-refractivity contribution in [3.8, 4) is 0 Å². The molecule has 0 aromatic heterocycles. The van der Waals surface area contributed by atoms with E-state index in [-0.39, 0.29) is 17.3 Å². The van der Waals surface area contributed by atoms with E-state index in [0.717, 1.165) is 13.0 Å². The summed E-state index contributed by atoms with van der Waals surface area (Å²) in [6, 6.07) is 0.314. The van der Waals surface area contributed by atoms with Crippen molar-refractivity contribution in [2.45, 2.75) is 57.8 Å². The molecule has 2 unspecified atom stereocenters. The van der Waals surface area contributed by atoms with E-state index in [1.807, 2.05) is 27.7 Å². The van der Waals surface area contributed by atoms with Gasteiger partial charge in [0.15, 0.2) is 5.78 Å². The highest BCUT2D eigenvalue weighted by molar-refractivity contribution is 5.92. The third-order valence-electron chi connectivity index (χ3n) is 3.64. The van der Waals surface area contributed by atoms with Crippen molar-refractivity contribution in [3.05, 3.63) is 0 Å². The predicted molar refractivity (Wildman–Crippen MR) is 58.8 cm³/mol. The van der Waals surface area contributed by atoms with Gasteiger partial charge >= 0.3 is 0 Å². The summed E-state index contributed by atoms with van der Waals surface area (Å²) >= 11 is 0. The van der Waals surface area contributed by atoms with Gasteiger partial charge in [0.2, 0.25) is 0 Å². The second kappa shape index (κ2) is 3.29. The van der Waals surface area contributed by atoms with Crippen molar-refractivity contribution in [1.82, 2.24) is 5.32 Å². The summed E-state index contributed by atoms with van der Waals surface area (Å²) in [6.07, 6.45) is 2.27. The molecule has 0 aliphatic carbocycles. The smallest absolute Gasteiger partial charge is 0.171 e. The number of rotatable bonds is 1. The molecule has 0 radical (unpaired) electrons. The Bertz CT molecular complexity index is 277. The lowest BCUT2D eigenvalue weighted by Gasteiger charge is -2.29. The van der Waals surface area contributed by atoms with Gasteiger partial charge in [-0.25, -0.2) is 0 Å². The summed E-state index contributed by atoms with van der Waals surface area (Å²) in [4.78, 5) is 12.3. The van der Waals surface area contributed by atoms with Crippen molar-refractivity contribution < 1.29 is 9.53 Å². The molecule has 86 valence electrons. The molecular weight excluding hydrogens is 190 g/mol. The monoisotopic (exact) mass is 211 g/mol. The van der Waals surface area contributed by atoms with E-state index in [0.29, 0.717) is 6.04 Å². The maximum absolute atomic E-state index is 12.3. The molecule has 2 aliphatic rings. The fourth-order valence-electron chi connectivity index (χ4n) is 3.12. The number of carbonyl (C=O) groups is 1. The number of ether oxygens (including phenoxy) is 1. The number of hydrogen-bond donors (Lipinski definition) is 1. The number of ketones is 1. The third kappa shape index (κ3) is 1.72. The van der Waals surface area contributed by atoms with Crippen LogP contribution in [0.2, 0.25) is 0 Å². The van der Waals surface area contributed by atoms with Gasteiger partial charge in [0.25, 0.3) is 0 Å². The van der Waals surface area contributed by atoms with Crippen molar-refractivity contribution in [1.29, 1.82) is 0 Å². The molecule has 3 heteroatoms. The number of hydrogen-bond acceptors (Lipinski definition) is 3. The van der Waals surface area contributed by atoms with Gasteiger partial charge in [-0.1, -0.05) is 0 Å². The van der Waals surface area contributed by atoms with Crippen molar-refractivity contribution in [2.75, 3.05) is 6.54 Å². The summed E-state index contributed by atoms with van der Waals surface area (Å²) in [5.74, 6) is 0.266. The zero-order valence-electron chi connectivity index (χ0n) is 10.1. The van der Waals surface area contributed by atoms with Crippen LogP contribution in [-0.2, 0) is 9.53 Å². The summed E-state index contributed by atoms with van der Waals surface area (Å²) in [7, 11) is 0. The second-order valence-electron chi connectivity index (χ2n) is 5.76. The topological polar surface area (TPSA) is 38.3 Å². The first-order valence-corrected chi connectivity index (χ1v) is 5.82. The fourth-order valence-corrected chi connectivity index (χ4v) is 3.12. The predicted octanol–water partition coefficient (Wildman–Crippen LogP) is 1.51. The Kier molecular flexibility index (Phi) is 2.43. The number of carbonyl (C=O) groups excluding carboxylic acids is 1. The highest BCUT2D eigenvalue weighted by Gasteiger charge is 2.56. The lowest BCUT2D eigenvalue weighted by atomic mass is 9.80. The zero-order valence-corrected chi connectivity index (χ0v) is 10.1. The van der Waals surface area contributed by atoms with Gasteiger partial charge in [0, 0.05) is 6.04 Å². The average molecular weight is 211 g/mol. The minimum atomic E-state index is -0.613. The molecule has 2 saturated heterocycles. The minimum absolute atomic E-state index is 0.00926. The Morgan fingerprint density at radius 3 is 2.40 bits per heavy atom. The first-order valence-electron chi connectivity index (χ1n) is 5.82. The molecule has 2 heterocycles. The van der Waals surface area contributed by atoms with Crippen LogP contribution >= 0.6 is 0 Å². The van der Waals surface area contributed by atoms with E-state index < -0.39 is 5.60 Å². The highest BCUT2D eigenvalue weighted by Crippen LogP contribution is 2.42. The van der Waals surface area contributed by atoms with Gasteiger partial charge in [-0.3, -0.25) is 4.79 Å². The van der Waals surface area contributed by atoms with Gasteiger partial charge in [0.1, 0.15) is 5.60 Å². The van der Waals surface area contributed by atoms with E-state index in [2.05, 4.69) is 5.32 Å². The normalized spacial score (nSPS) is 38.5. The first kappa shape index (κ1) is 11.1. The standard InChI is InChI=1S/C12H21NO2/c1-11(2)9(8-6-5-7-13-8)10(14)12(3,4)15-11/h8-9,13H,5-7H2,1-4H3. The van der Waals surface area contributed by atoms with E-state index >= 15 is 0 Å². The summed E-state index contributed by atoms with van der Waals surface area (Å²) in [6.45, 7) is 8.86. The Labute approximate surface area is 91.6 Å². The summed E-state index contributed by atoms with van der Waals surface area (Å²) in [5, 5.41) is 3.42. The molecule has 3 nitrogen and oxygen atoms in total. The SMILES string of the molecule is CC1(C)OC(C)(C)C(C2CCCN2)C1=O. The van der Waals surface area contributed by atoms with E-state index in [9.17, 15) is 4.79 Å². The lowest BCUT2D eigenvalue weighted by molar-refractivity contribution is -0.132. The lowest BCUT2D eigenvalue weighted by Crippen LogP contribution is -2.44. The van der Waals surface area contributed by atoms with Gasteiger partial charge in [-0.2, -0.15) is 0 Å². The maximum Gasteiger partial charge on any atom is 0.171 e. The molecule has 2 atom stereocenters. The highest BCUT2D eigenvalue weighted by atomic mass is 16.5. The molecule has 1 N–H and O–H groups in total. The van der Waals surface area contributed by atoms with E-state index in [4.69, 9.17) is 4.74 Å². The van der Waals surface area contributed by atoms with Crippen molar-refractivity contribution >= 4 is 5.78 Å². The van der Waals surface area contributed by atoms with Gasteiger partial charge in [-0.15, -0.1) is 0 Å². The van der Waals surface area contributed by atoms with Crippen LogP contribution in [0.25, 0.3) is 0 Å². The molecule has 2 aliphatic heterocycles. The molecule has 2 fully saturated rings. The summed E-state index contributed by atoms with van der Waals surface area (Å²) in [5.41, 5.74) is -0.943. The van der Waals surface area contributed by atoms with Gasteiger partial charge in [0.05, 0.1) is 11.5 Å². The van der Waals surface area contributed by atoms with Crippen LogP contribution < -0.4 is 5.32 Å². The fraction of sp³-hybridized carbons (Fsp3) is 0.917. The van der Waals surface area contributed by atoms with Crippen LogP contribution in [0, 0.1) is 5.92 Å². The van der Waals surface area contributed by atoms with Crippen LogP contribution in [-0.4, -0.2) is 29.6 Å². The zero-order chi connectivity index (χ0) is 11.3. The molecule has 0 amide bonds. The molecule has 0 spiro atoms. The molecule has 0 bridgehead atoms. The quantitative estimate of drug-likeness (QED) is 0.714. The summed E-state index contributed by atoms with van der Waals surface area (Å²) < 4.78 is 5.88. The molecule has 2 rings (SSSR count). The van der Waals surface area contributed by atoms with Crippen molar-refractivity contribution in [3.63, 3.8) is 0 Å². The van der Waals surface area contributed by atoms with E-state index in [1.165, 1.54) is 6.42 Å². The third-order valence-corrected chi connectivity index (χ3v) is 3.64. The Morgan fingerprint density at radius 1 is 1.33 bits per heavy atom. The van der Waals surface area contributed by atoms with Crippen LogP contribution in [0.4, 0.5) is 0 Å². The molecular formula is C12H21NO2. The Morgan fingerprint density at radius 2 is 2.00 bits per heavy atom. The van der Waals surface area contributed by atoms with Crippen LogP contribution in [0.1, 0.15) is 40.5 Å². The molecule has 0 saturated carbocycles. The van der Waals surface area contributed by atoms with Crippen LogP contribution in [0.3, 0.4) is 0 Å². The minimum Gasteiger partial charge on any atom is -0.361 e. The van der Waals surface area contributed by atoms with E-state index in [1.54, 1.807) is 0 Å². The van der Waals surface area contributed by atoms with Crippen molar-refractivity contribution in [2.24, 2.45) is 5.92 Å². The number of Topliss-reactive ketones (excluding diaryl/α,β-unsaturated/α-hetero) is 1. The van der Waals surface area contributed by atoms with Crippen LogP contribution in [0.15, 0.2) is 0 Å². The van der Waals surface area contributed by atoms with Crippen LogP contribution in [0.5, 0.6) is 0 Å². The largest absolute Gasteiger partial charge is 0.361 e. The molecule has 0 aromatic carbocycles. The molecule has 0 aromatic rings. The molecule has 15 heavy (non-hydrogen) atoms. The van der Waals surface area contributed by atoms with Gasteiger partial charge < -0.3 is 10.1 Å². The number of nitrogens with one attached hydrogen (secondary N) is 1. The second-order valence-corrected chi connectivity index (χ2v) is 5.76. The van der Waals surface area contributed by atoms with Gasteiger partial charge in [-0.05, 0) is 47.1 Å². The first-order chi connectivity index (χ1) is 6.84. The Balaban J connectivity index is 2.25. The average Bonchev–Trinajstić information content (AvgIpc) is 2.58.